The van der Waals surface area contributed by atoms with E-state index in [-0.39, 0.29) is 12.8 Å². The van der Waals surface area contributed by atoms with Gasteiger partial charge in [-0.3, -0.25) is 9.78 Å². The minimum atomic E-state index is -0.958. The third-order valence-corrected chi connectivity index (χ3v) is 2.38. The van der Waals surface area contributed by atoms with Crippen molar-refractivity contribution in [3.8, 4) is 0 Å². The van der Waals surface area contributed by atoms with Gasteiger partial charge in [0, 0.05) is 23.6 Å². The fraction of sp³-hybridized carbons (Fsp3) is 0.167. The quantitative estimate of drug-likeness (QED) is 0.892. The number of pyridine rings is 1. The van der Waals surface area contributed by atoms with Crippen molar-refractivity contribution in [2.24, 2.45) is 0 Å². The van der Waals surface area contributed by atoms with Crippen LogP contribution in [0, 0.1) is 11.6 Å². The minimum Gasteiger partial charge on any atom is -0.481 e. The molecule has 1 aromatic heterocycles. The lowest BCUT2D eigenvalue weighted by Gasteiger charge is -2.02. The average Bonchev–Trinajstić information content (AvgIpc) is 2.28. The second-order valence-corrected chi connectivity index (χ2v) is 3.66. The van der Waals surface area contributed by atoms with E-state index in [1.165, 1.54) is 0 Å². The normalized spacial score (nSPS) is 10.7. The highest BCUT2D eigenvalue weighted by Crippen LogP contribution is 2.17. The highest BCUT2D eigenvalue weighted by Gasteiger charge is 2.06. The van der Waals surface area contributed by atoms with Gasteiger partial charge in [-0.1, -0.05) is 6.07 Å². The zero-order valence-corrected chi connectivity index (χ0v) is 8.78. The molecule has 0 amide bonds. The third-order valence-electron chi connectivity index (χ3n) is 2.38. The largest absolute Gasteiger partial charge is 0.481 e. The number of carboxylic acids is 1. The molecule has 0 fully saturated rings. The molecule has 1 heterocycles. The van der Waals surface area contributed by atoms with Crippen LogP contribution in [-0.2, 0) is 11.2 Å². The molecule has 0 spiro atoms. The lowest BCUT2D eigenvalue weighted by atomic mass is 10.1. The molecule has 2 aromatic rings. The Morgan fingerprint density at radius 1 is 1.24 bits per heavy atom. The van der Waals surface area contributed by atoms with Gasteiger partial charge in [0.15, 0.2) is 11.6 Å². The second-order valence-electron chi connectivity index (χ2n) is 3.66. The fourth-order valence-corrected chi connectivity index (χ4v) is 1.53. The Morgan fingerprint density at radius 3 is 2.65 bits per heavy atom. The number of hydrogen-bond donors (Lipinski definition) is 1. The van der Waals surface area contributed by atoms with Gasteiger partial charge < -0.3 is 5.11 Å². The third kappa shape index (κ3) is 2.55. The molecule has 88 valence electrons. The Balaban J connectivity index is 2.36. The molecule has 17 heavy (non-hydrogen) atoms. The van der Waals surface area contributed by atoms with Crippen LogP contribution in [0.1, 0.15) is 12.1 Å². The molecule has 2 rings (SSSR count). The van der Waals surface area contributed by atoms with Crippen molar-refractivity contribution in [2.45, 2.75) is 12.8 Å². The Morgan fingerprint density at radius 2 is 1.94 bits per heavy atom. The van der Waals surface area contributed by atoms with Crippen LogP contribution in [0.25, 0.3) is 10.9 Å². The maximum absolute atomic E-state index is 13.0. The van der Waals surface area contributed by atoms with E-state index in [2.05, 4.69) is 4.98 Å². The fourth-order valence-electron chi connectivity index (χ4n) is 1.53. The molecule has 0 unspecified atom stereocenters. The van der Waals surface area contributed by atoms with Gasteiger partial charge in [0.2, 0.25) is 0 Å². The van der Waals surface area contributed by atoms with Gasteiger partial charge in [0.25, 0.3) is 0 Å². The number of carboxylic acid groups (broad SMARTS) is 1. The van der Waals surface area contributed by atoms with E-state index in [4.69, 9.17) is 5.11 Å². The highest BCUT2D eigenvalue weighted by molar-refractivity contribution is 5.78. The summed E-state index contributed by atoms with van der Waals surface area (Å²) in [6.45, 7) is 0. The van der Waals surface area contributed by atoms with E-state index >= 15 is 0 Å². The van der Waals surface area contributed by atoms with Crippen LogP contribution in [-0.4, -0.2) is 16.1 Å². The highest BCUT2D eigenvalue weighted by atomic mass is 19.2. The number of aryl methyl sites for hydroxylation is 1. The molecule has 1 aromatic carbocycles. The molecule has 0 saturated heterocycles. The van der Waals surface area contributed by atoms with E-state index in [1.54, 1.807) is 12.1 Å². The van der Waals surface area contributed by atoms with Gasteiger partial charge in [-0.05, 0) is 12.1 Å². The maximum atomic E-state index is 13.0. The maximum Gasteiger partial charge on any atom is 0.303 e. The van der Waals surface area contributed by atoms with Gasteiger partial charge in [-0.2, -0.15) is 0 Å². The summed E-state index contributed by atoms with van der Waals surface area (Å²) in [6.07, 6.45) is 0.229. The summed E-state index contributed by atoms with van der Waals surface area (Å²) in [7, 11) is 0. The number of hydrogen-bond acceptors (Lipinski definition) is 2. The van der Waals surface area contributed by atoms with Crippen LogP contribution in [0.2, 0.25) is 0 Å². The van der Waals surface area contributed by atoms with Crippen molar-refractivity contribution in [1.82, 2.24) is 4.98 Å². The van der Waals surface area contributed by atoms with Gasteiger partial charge in [-0.15, -0.1) is 0 Å². The molecule has 0 radical (unpaired) electrons. The van der Waals surface area contributed by atoms with E-state index in [1.807, 2.05) is 0 Å². The van der Waals surface area contributed by atoms with Crippen molar-refractivity contribution < 1.29 is 18.7 Å². The summed E-state index contributed by atoms with van der Waals surface area (Å²) in [6, 6.07) is 5.29. The SMILES string of the molecule is O=C(O)CCc1ccc2cc(F)c(F)cc2n1. The summed E-state index contributed by atoms with van der Waals surface area (Å²) in [5.41, 5.74) is 0.873. The number of aromatic nitrogens is 1. The van der Waals surface area contributed by atoms with Crippen LogP contribution >= 0.6 is 0 Å². The molecule has 0 atom stereocenters. The first-order chi connectivity index (χ1) is 8.06. The zero-order valence-electron chi connectivity index (χ0n) is 8.78. The van der Waals surface area contributed by atoms with Crippen LogP contribution in [0.15, 0.2) is 24.3 Å². The van der Waals surface area contributed by atoms with E-state index < -0.39 is 17.6 Å². The Labute approximate surface area is 95.7 Å². The van der Waals surface area contributed by atoms with E-state index in [0.717, 1.165) is 12.1 Å². The molecule has 3 nitrogen and oxygen atoms in total. The van der Waals surface area contributed by atoms with Crippen LogP contribution < -0.4 is 0 Å². The van der Waals surface area contributed by atoms with Crippen LogP contribution in [0.3, 0.4) is 0 Å². The average molecular weight is 237 g/mol. The van der Waals surface area contributed by atoms with Crippen molar-refractivity contribution in [2.75, 3.05) is 0 Å². The Kier molecular flexibility index (Phi) is 2.99. The number of aliphatic carboxylic acids is 1. The predicted octanol–water partition coefficient (Wildman–Crippen LogP) is 2.53. The number of nitrogens with zero attached hydrogens (tertiary/aromatic N) is 1. The molecule has 0 saturated carbocycles. The molecular formula is C12H9F2NO2. The minimum absolute atomic E-state index is 0.0395. The van der Waals surface area contributed by atoms with Crippen molar-refractivity contribution in [3.63, 3.8) is 0 Å². The summed E-state index contributed by atoms with van der Waals surface area (Å²) in [4.78, 5) is 14.5. The van der Waals surface area contributed by atoms with Crippen molar-refractivity contribution in [3.05, 3.63) is 41.6 Å². The molecule has 0 aliphatic rings. The van der Waals surface area contributed by atoms with E-state index in [0.29, 0.717) is 16.6 Å². The lowest BCUT2D eigenvalue weighted by Crippen LogP contribution is -1.99. The monoisotopic (exact) mass is 237 g/mol. The standard InChI is InChI=1S/C12H9F2NO2/c13-9-5-7-1-2-8(3-4-12(16)17)15-11(7)6-10(9)14/h1-2,5-6H,3-4H2,(H,16,17). The first-order valence-corrected chi connectivity index (χ1v) is 5.03. The summed E-state index contributed by atoms with van der Waals surface area (Å²) < 4.78 is 25.9. The van der Waals surface area contributed by atoms with Gasteiger partial charge >= 0.3 is 5.97 Å². The number of carbonyl (C=O) groups is 1. The molecule has 0 bridgehead atoms. The lowest BCUT2D eigenvalue weighted by molar-refractivity contribution is -0.136. The molecule has 0 aliphatic carbocycles. The summed E-state index contributed by atoms with van der Waals surface area (Å²) >= 11 is 0. The van der Waals surface area contributed by atoms with E-state index in [9.17, 15) is 13.6 Å². The molecule has 1 N–H and O–H groups in total. The second kappa shape index (κ2) is 4.45. The molecular weight excluding hydrogens is 228 g/mol. The Hall–Kier alpha value is -2.04. The van der Waals surface area contributed by atoms with Gasteiger partial charge in [0.05, 0.1) is 11.9 Å². The first-order valence-electron chi connectivity index (χ1n) is 5.03. The number of fused-ring (bicyclic) bond motifs is 1. The predicted molar refractivity (Wildman–Crippen MR) is 57.6 cm³/mol. The van der Waals surface area contributed by atoms with Crippen molar-refractivity contribution >= 4 is 16.9 Å². The number of rotatable bonds is 3. The summed E-state index contributed by atoms with van der Waals surface area (Å²) in [5, 5.41) is 9.02. The number of halogens is 2. The van der Waals surface area contributed by atoms with Gasteiger partial charge in [-0.25, -0.2) is 8.78 Å². The number of benzene rings is 1. The first kappa shape index (κ1) is 11.4. The van der Waals surface area contributed by atoms with Gasteiger partial charge in [0.1, 0.15) is 0 Å². The van der Waals surface area contributed by atoms with Crippen LogP contribution in [0.5, 0.6) is 0 Å². The summed E-state index contributed by atoms with van der Waals surface area (Å²) in [5.74, 6) is -2.80. The molecule has 0 aliphatic heterocycles. The Bertz CT molecular complexity index is 584. The van der Waals surface area contributed by atoms with Crippen molar-refractivity contribution in [1.29, 1.82) is 0 Å². The topological polar surface area (TPSA) is 50.2 Å². The zero-order chi connectivity index (χ0) is 12.4. The smallest absolute Gasteiger partial charge is 0.303 e. The molecule has 5 heteroatoms. The van der Waals surface area contributed by atoms with Crippen LogP contribution in [0.4, 0.5) is 8.78 Å².